The topological polar surface area (TPSA) is 172 Å². The Morgan fingerprint density at radius 2 is 1.12 bits per heavy atom. The fraction of sp³-hybridized carbons (Fsp3) is 0.246. The Morgan fingerprint density at radius 3 is 1.58 bits per heavy atom. The molecule has 8 rings (SSSR count). The van der Waals surface area contributed by atoms with Crippen LogP contribution in [-0.4, -0.2) is 127 Å². The number of terminal acetylenes is 2. The quantitative estimate of drug-likeness (QED) is 0.0325. The average molecular weight is 993 g/mol. The van der Waals surface area contributed by atoms with Crippen LogP contribution < -0.4 is 41.0 Å². The number of benzene rings is 4. The molecule has 4 aromatic heterocycles. The largest absolute Gasteiger partial charge is 0.494 e. The van der Waals surface area contributed by atoms with E-state index >= 15 is 0 Å². The first-order chi connectivity index (χ1) is 35.7. The second kappa shape index (κ2) is 24.4. The first-order valence-corrected chi connectivity index (χ1v) is 23.8. The molecule has 380 valence electrons. The van der Waals surface area contributed by atoms with Crippen molar-refractivity contribution < 1.29 is 14.3 Å². The van der Waals surface area contributed by atoms with Crippen LogP contribution in [0.5, 0.6) is 11.5 Å². The highest BCUT2D eigenvalue weighted by molar-refractivity contribution is 6.02. The van der Waals surface area contributed by atoms with Gasteiger partial charge in [0.15, 0.2) is 0 Å². The first kappa shape index (κ1) is 52.8. The van der Waals surface area contributed by atoms with Crippen molar-refractivity contribution in [2.45, 2.75) is 13.1 Å². The van der Waals surface area contributed by atoms with Crippen molar-refractivity contribution >= 4 is 73.7 Å². The van der Waals surface area contributed by atoms with Crippen LogP contribution in [0.25, 0.3) is 44.3 Å². The van der Waals surface area contributed by atoms with Gasteiger partial charge in [0, 0.05) is 110 Å². The number of hydrogen-bond donors (Lipinski definition) is 4. The van der Waals surface area contributed by atoms with E-state index in [1.165, 1.54) is 6.08 Å². The molecule has 0 radical (unpaired) electrons. The molecule has 0 aliphatic rings. The zero-order valence-corrected chi connectivity index (χ0v) is 43.3. The molecule has 4 heterocycles. The predicted octanol–water partition coefficient (Wildman–Crippen LogP) is 8.67. The third-order valence-electron chi connectivity index (χ3n) is 12.2. The Balaban J connectivity index is 0.000000217. The van der Waals surface area contributed by atoms with Gasteiger partial charge in [-0.3, -0.25) is 4.79 Å². The molecular weight excluding hydrogens is 929 g/mol. The van der Waals surface area contributed by atoms with E-state index in [9.17, 15) is 4.79 Å². The number of anilines is 8. The molecule has 0 aliphatic heterocycles. The van der Waals surface area contributed by atoms with Gasteiger partial charge in [0.25, 0.3) is 0 Å². The molecule has 17 heteroatoms. The summed E-state index contributed by atoms with van der Waals surface area (Å²) in [5.74, 6) is 7.18. The van der Waals surface area contributed by atoms with Gasteiger partial charge in [0.1, 0.15) is 11.5 Å². The number of likely N-dealkylation sites (N-methyl/N-ethyl adjacent to an activating group) is 4. The molecule has 0 bridgehead atoms. The van der Waals surface area contributed by atoms with Gasteiger partial charge in [-0.15, -0.1) is 12.8 Å². The minimum absolute atomic E-state index is 0.310. The molecule has 0 atom stereocenters. The summed E-state index contributed by atoms with van der Waals surface area (Å²) in [5.41, 5.74) is 16.3. The van der Waals surface area contributed by atoms with E-state index in [0.717, 1.165) is 81.9 Å². The maximum atomic E-state index is 12.3. The molecular formula is C57H64N14O3. The maximum Gasteiger partial charge on any atom is 0.247 e. The third kappa shape index (κ3) is 12.5. The van der Waals surface area contributed by atoms with E-state index < -0.39 is 0 Å². The molecule has 74 heavy (non-hydrogen) atoms. The Kier molecular flexibility index (Phi) is 17.4. The average Bonchev–Trinajstić information content (AvgIpc) is 3.96. The Morgan fingerprint density at radius 1 is 0.662 bits per heavy atom. The molecule has 4 aromatic carbocycles. The van der Waals surface area contributed by atoms with Gasteiger partial charge in [-0.2, -0.15) is 0 Å². The number of aromatic nitrogens is 6. The summed E-state index contributed by atoms with van der Waals surface area (Å²) in [4.78, 5) is 39.1. The van der Waals surface area contributed by atoms with Gasteiger partial charge in [-0.05, 0) is 70.7 Å². The highest BCUT2D eigenvalue weighted by Gasteiger charge is 2.19. The highest BCUT2D eigenvalue weighted by Crippen LogP contribution is 2.40. The van der Waals surface area contributed by atoms with Crippen molar-refractivity contribution in [2.24, 2.45) is 0 Å². The van der Waals surface area contributed by atoms with Crippen LogP contribution in [0, 0.1) is 24.7 Å². The molecule has 0 saturated heterocycles. The number of ether oxygens (including phenoxy) is 2. The summed E-state index contributed by atoms with van der Waals surface area (Å²) in [7, 11) is 15.4. The van der Waals surface area contributed by atoms with Gasteiger partial charge in [0.2, 0.25) is 17.8 Å². The van der Waals surface area contributed by atoms with E-state index in [1.807, 2.05) is 126 Å². The van der Waals surface area contributed by atoms with Gasteiger partial charge in [-0.1, -0.05) is 54.8 Å². The van der Waals surface area contributed by atoms with E-state index in [2.05, 4.69) is 86.7 Å². The molecule has 0 fully saturated rings. The SMILES string of the molecule is C#CCn1cc(-c2ccnc(Nc3cc(N)c(N(C)CCN(C)C)cc3OC)n2)c2ccccc21.C#CCn1cc(-c2ccnc(Nc3cc(NC(=O)C=C)c(N(C)CCN(C)C)cc3OC)n2)c2ccccc21. The lowest BCUT2D eigenvalue weighted by Crippen LogP contribution is -2.29. The first-order valence-electron chi connectivity index (χ1n) is 23.8. The molecule has 0 unspecified atom stereocenters. The number of nitrogens with two attached hydrogens (primary N) is 1. The van der Waals surface area contributed by atoms with Crippen LogP contribution in [0.4, 0.5) is 46.0 Å². The zero-order valence-electron chi connectivity index (χ0n) is 43.3. The molecule has 0 aliphatic carbocycles. The number of carbonyl (C=O) groups is 1. The molecule has 8 aromatic rings. The molecule has 0 saturated carbocycles. The summed E-state index contributed by atoms with van der Waals surface area (Å²) in [5, 5.41) is 11.6. The number of methoxy groups -OCH3 is 2. The lowest BCUT2D eigenvalue weighted by molar-refractivity contribution is -0.111. The number of hydrogen-bond acceptors (Lipinski definition) is 14. The van der Waals surface area contributed by atoms with E-state index in [1.54, 1.807) is 26.6 Å². The van der Waals surface area contributed by atoms with Crippen molar-refractivity contribution in [1.82, 2.24) is 38.9 Å². The second-order valence-electron chi connectivity index (χ2n) is 17.9. The standard InChI is InChI=1S/C30H33N7O2.C27H31N7O/c1-7-15-37-20-22(21-11-9-10-12-26(21)37)23-13-14-31-30(33-23)34-25-18-24(32-29(38)8-2)27(19-28(25)39-6)36(5)17-16-35(3)4;1-6-13-34-18-20(19-9-7-8-10-24(19)34)22-11-12-29-27(30-22)31-23-16-21(28)25(17-26(23)35-5)33(4)15-14-32(2)3/h1,8-14,18-20H,2,15-17H2,3-6H3,(H,32,38)(H,31,33,34);1,7-12,16-18H,13-15,28H2,2-5H3,(H,29,30,31). The smallest absolute Gasteiger partial charge is 0.247 e. The monoisotopic (exact) mass is 993 g/mol. The summed E-state index contributed by atoms with van der Waals surface area (Å²) in [6, 6.07) is 27.5. The van der Waals surface area contributed by atoms with Crippen molar-refractivity contribution in [3.05, 3.63) is 122 Å². The molecule has 5 N–H and O–H groups in total. The predicted molar refractivity (Wildman–Crippen MR) is 303 cm³/mol. The molecule has 1 amide bonds. The number of nitrogens with zero attached hydrogens (tertiary/aromatic N) is 10. The number of para-hydroxylation sites is 2. The number of amides is 1. The summed E-state index contributed by atoms with van der Waals surface area (Å²) < 4.78 is 15.5. The number of rotatable bonds is 20. The van der Waals surface area contributed by atoms with Gasteiger partial charge < -0.3 is 59.9 Å². The minimum atomic E-state index is -0.310. The summed E-state index contributed by atoms with van der Waals surface area (Å²) in [6.07, 6.45) is 19.9. The van der Waals surface area contributed by atoms with Gasteiger partial charge in [-0.25, -0.2) is 19.9 Å². The normalized spacial score (nSPS) is 10.9. The number of nitrogens with one attached hydrogen (secondary N) is 3. The van der Waals surface area contributed by atoms with Crippen LogP contribution in [0.2, 0.25) is 0 Å². The lowest BCUT2D eigenvalue weighted by atomic mass is 10.1. The third-order valence-corrected chi connectivity index (χ3v) is 12.2. The van der Waals surface area contributed by atoms with Crippen LogP contribution in [0.3, 0.4) is 0 Å². The van der Waals surface area contributed by atoms with Crippen molar-refractivity contribution in [3.8, 4) is 58.7 Å². The molecule has 17 nitrogen and oxygen atoms in total. The summed E-state index contributed by atoms with van der Waals surface area (Å²) in [6.45, 7) is 7.87. The van der Waals surface area contributed by atoms with Crippen molar-refractivity contribution in [1.29, 1.82) is 0 Å². The fourth-order valence-corrected chi connectivity index (χ4v) is 8.30. The number of nitrogen functional groups attached to an aromatic ring is 1. The van der Waals surface area contributed by atoms with Crippen molar-refractivity contribution in [3.63, 3.8) is 0 Å². The van der Waals surface area contributed by atoms with Gasteiger partial charge >= 0.3 is 0 Å². The highest BCUT2D eigenvalue weighted by atomic mass is 16.5. The Labute approximate surface area is 433 Å². The van der Waals surface area contributed by atoms with Crippen LogP contribution >= 0.6 is 0 Å². The van der Waals surface area contributed by atoms with Crippen LogP contribution in [-0.2, 0) is 17.9 Å². The van der Waals surface area contributed by atoms with Crippen LogP contribution in [0.15, 0.2) is 122 Å². The van der Waals surface area contributed by atoms with E-state index in [4.69, 9.17) is 38.0 Å². The van der Waals surface area contributed by atoms with E-state index in [0.29, 0.717) is 59.2 Å². The number of carbonyl (C=O) groups excluding carboxylic acids is 1. The van der Waals surface area contributed by atoms with E-state index in [-0.39, 0.29) is 5.91 Å². The molecule has 0 spiro atoms. The fourth-order valence-electron chi connectivity index (χ4n) is 8.30. The Hall–Kier alpha value is -9.03. The maximum absolute atomic E-state index is 12.3. The zero-order chi connectivity index (χ0) is 52.9. The van der Waals surface area contributed by atoms with Crippen molar-refractivity contribution in [2.75, 3.05) is 114 Å². The summed E-state index contributed by atoms with van der Waals surface area (Å²) >= 11 is 0. The Bertz CT molecular complexity index is 3350. The second-order valence-corrected chi connectivity index (χ2v) is 17.9. The van der Waals surface area contributed by atoms with Gasteiger partial charge in [0.05, 0.1) is 72.8 Å². The van der Waals surface area contributed by atoms with Crippen LogP contribution in [0.1, 0.15) is 0 Å². The number of fused-ring (bicyclic) bond motifs is 2. The minimum Gasteiger partial charge on any atom is -0.494 e. The lowest BCUT2D eigenvalue weighted by Gasteiger charge is -2.26.